The van der Waals surface area contributed by atoms with Crippen molar-refractivity contribution in [3.05, 3.63) is 23.3 Å². The van der Waals surface area contributed by atoms with Crippen LogP contribution in [0.5, 0.6) is 11.5 Å². The van der Waals surface area contributed by atoms with Gasteiger partial charge in [0.2, 0.25) is 0 Å². The first kappa shape index (κ1) is 16.2. The van der Waals surface area contributed by atoms with E-state index in [4.69, 9.17) is 9.29 Å². The lowest BCUT2D eigenvalue weighted by molar-refractivity contribution is -0.139. The van der Waals surface area contributed by atoms with Gasteiger partial charge in [-0.05, 0) is 19.1 Å². The standard InChI is InChI=1S/C10H9F3O6S/c1-2-18-9-7(10(11,12)13)4-3-6(5-14)8(9)19-20(15,16)17/h3-5H,2H2,1H3,(H,15,16,17). The van der Waals surface area contributed by atoms with Gasteiger partial charge in [-0.1, -0.05) is 0 Å². The fraction of sp³-hybridized carbons (Fsp3) is 0.300. The second kappa shape index (κ2) is 5.67. The van der Waals surface area contributed by atoms with Crippen molar-refractivity contribution in [1.29, 1.82) is 0 Å². The van der Waals surface area contributed by atoms with Gasteiger partial charge in [0.15, 0.2) is 17.8 Å². The maximum atomic E-state index is 12.8. The minimum absolute atomic E-state index is 0.0726. The Balaban J connectivity index is 3.61. The Bertz CT molecular complexity index is 608. The predicted molar refractivity (Wildman–Crippen MR) is 60.2 cm³/mol. The summed E-state index contributed by atoms with van der Waals surface area (Å²) in [6.07, 6.45) is -4.79. The molecule has 1 rings (SSSR count). The van der Waals surface area contributed by atoms with Crippen LogP contribution < -0.4 is 8.92 Å². The SMILES string of the molecule is CCOc1c(C(F)(F)F)ccc(C=O)c1OS(=O)(=O)O. The van der Waals surface area contributed by atoms with Gasteiger partial charge >= 0.3 is 16.6 Å². The zero-order valence-corrected chi connectivity index (χ0v) is 10.8. The number of halogens is 3. The molecule has 1 aromatic carbocycles. The Labute approximate surface area is 112 Å². The average molecular weight is 314 g/mol. The number of benzene rings is 1. The molecule has 0 saturated heterocycles. The molecule has 0 radical (unpaired) electrons. The number of ether oxygens (including phenoxy) is 1. The van der Waals surface area contributed by atoms with E-state index in [2.05, 4.69) is 4.18 Å². The van der Waals surface area contributed by atoms with Crippen molar-refractivity contribution in [1.82, 2.24) is 0 Å². The minimum Gasteiger partial charge on any atom is -0.489 e. The maximum absolute atomic E-state index is 12.8. The molecule has 0 aromatic heterocycles. The summed E-state index contributed by atoms with van der Waals surface area (Å²) < 4.78 is 77.0. The van der Waals surface area contributed by atoms with Crippen molar-refractivity contribution in [2.45, 2.75) is 13.1 Å². The van der Waals surface area contributed by atoms with Crippen LogP contribution in [0.1, 0.15) is 22.8 Å². The Morgan fingerprint density at radius 2 is 1.90 bits per heavy atom. The molecule has 0 aliphatic carbocycles. The number of carbonyl (C=O) groups is 1. The van der Waals surface area contributed by atoms with Crippen molar-refractivity contribution in [3.8, 4) is 11.5 Å². The fourth-order valence-corrected chi connectivity index (χ4v) is 1.76. The molecule has 0 bridgehead atoms. The maximum Gasteiger partial charge on any atom is 0.446 e. The van der Waals surface area contributed by atoms with E-state index in [1.165, 1.54) is 6.92 Å². The molecule has 0 atom stereocenters. The van der Waals surface area contributed by atoms with Gasteiger partial charge in [0.25, 0.3) is 0 Å². The number of alkyl halides is 3. The Morgan fingerprint density at radius 3 is 2.30 bits per heavy atom. The van der Waals surface area contributed by atoms with E-state index >= 15 is 0 Å². The van der Waals surface area contributed by atoms with Crippen LogP contribution in [-0.4, -0.2) is 25.9 Å². The van der Waals surface area contributed by atoms with Crippen LogP contribution in [0.2, 0.25) is 0 Å². The van der Waals surface area contributed by atoms with Gasteiger partial charge in [-0.15, -0.1) is 0 Å². The van der Waals surface area contributed by atoms with Gasteiger partial charge in [0, 0.05) is 0 Å². The zero-order valence-electron chi connectivity index (χ0n) is 9.97. The van der Waals surface area contributed by atoms with E-state index in [9.17, 15) is 26.4 Å². The summed E-state index contributed by atoms with van der Waals surface area (Å²) in [4.78, 5) is 10.7. The summed E-state index contributed by atoms with van der Waals surface area (Å²) in [7, 11) is -5.12. The summed E-state index contributed by atoms with van der Waals surface area (Å²) in [6, 6.07) is 1.25. The van der Waals surface area contributed by atoms with E-state index < -0.39 is 39.2 Å². The summed E-state index contributed by atoms with van der Waals surface area (Å²) >= 11 is 0. The van der Waals surface area contributed by atoms with Crippen LogP contribution in [0, 0.1) is 0 Å². The highest BCUT2D eigenvalue weighted by molar-refractivity contribution is 7.81. The lowest BCUT2D eigenvalue weighted by atomic mass is 10.1. The van der Waals surface area contributed by atoms with Gasteiger partial charge < -0.3 is 8.92 Å². The van der Waals surface area contributed by atoms with E-state index in [-0.39, 0.29) is 12.9 Å². The van der Waals surface area contributed by atoms with Crippen molar-refractivity contribution >= 4 is 16.7 Å². The smallest absolute Gasteiger partial charge is 0.446 e. The van der Waals surface area contributed by atoms with Crippen LogP contribution in [0.15, 0.2) is 12.1 Å². The number of rotatable bonds is 5. The highest BCUT2D eigenvalue weighted by atomic mass is 32.3. The molecular formula is C10H9F3O6S. The average Bonchev–Trinajstić information content (AvgIpc) is 2.28. The van der Waals surface area contributed by atoms with Gasteiger partial charge in [-0.3, -0.25) is 9.35 Å². The van der Waals surface area contributed by atoms with Crippen LogP contribution >= 0.6 is 0 Å². The largest absolute Gasteiger partial charge is 0.489 e. The Morgan fingerprint density at radius 1 is 1.30 bits per heavy atom. The first-order chi connectivity index (χ1) is 9.10. The first-order valence-corrected chi connectivity index (χ1v) is 6.45. The van der Waals surface area contributed by atoms with Gasteiger partial charge in [0.05, 0.1) is 12.2 Å². The van der Waals surface area contributed by atoms with Gasteiger partial charge in [-0.2, -0.15) is 21.6 Å². The highest BCUT2D eigenvalue weighted by Gasteiger charge is 2.37. The molecule has 0 amide bonds. The third kappa shape index (κ3) is 3.84. The zero-order chi connectivity index (χ0) is 15.6. The molecule has 0 spiro atoms. The molecule has 6 nitrogen and oxygen atoms in total. The molecule has 0 unspecified atom stereocenters. The van der Waals surface area contributed by atoms with Crippen LogP contribution in [-0.2, 0) is 16.6 Å². The highest BCUT2D eigenvalue weighted by Crippen LogP contribution is 2.43. The lowest BCUT2D eigenvalue weighted by Gasteiger charge is -2.17. The topological polar surface area (TPSA) is 89.9 Å². The van der Waals surface area contributed by atoms with Crippen molar-refractivity contribution in [2.75, 3.05) is 6.61 Å². The quantitative estimate of drug-likeness (QED) is 0.661. The number of hydrogen-bond acceptors (Lipinski definition) is 5. The summed E-state index contributed by atoms with van der Waals surface area (Å²) in [5.41, 5.74) is -1.84. The fourth-order valence-electron chi connectivity index (χ4n) is 1.37. The van der Waals surface area contributed by atoms with Gasteiger partial charge in [0.1, 0.15) is 5.56 Å². The van der Waals surface area contributed by atoms with E-state index in [0.717, 1.165) is 0 Å². The van der Waals surface area contributed by atoms with Gasteiger partial charge in [-0.25, -0.2) is 0 Å². The molecule has 1 N–H and O–H groups in total. The van der Waals surface area contributed by atoms with Crippen molar-refractivity contribution < 1.29 is 39.9 Å². The minimum atomic E-state index is -5.12. The third-order valence-electron chi connectivity index (χ3n) is 2.05. The lowest BCUT2D eigenvalue weighted by Crippen LogP contribution is -2.14. The summed E-state index contributed by atoms with van der Waals surface area (Å²) in [6.45, 7) is 1.11. The van der Waals surface area contributed by atoms with Crippen molar-refractivity contribution in [2.24, 2.45) is 0 Å². The Kier molecular flexibility index (Phi) is 4.61. The van der Waals surface area contributed by atoms with Crippen LogP contribution in [0.3, 0.4) is 0 Å². The molecule has 0 aliphatic rings. The number of carbonyl (C=O) groups excluding carboxylic acids is 1. The van der Waals surface area contributed by atoms with Crippen LogP contribution in [0.4, 0.5) is 13.2 Å². The van der Waals surface area contributed by atoms with E-state index in [0.29, 0.717) is 12.1 Å². The first-order valence-electron chi connectivity index (χ1n) is 5.09. The molecule has 0 saturated carbocycles. The third-order valence-corrected chi connectivity index (χ3v) is 2.43. The molecule has 1 aromatic rings. The van der Waals surface area contributed by atoms with Crippen LogP contribution in [0.25, 0.3) is 0 Å². The van der Waals surface area contributed by atoms with E-state index in [1.807, 2.05) is 0 Å². The second-order valence-electron chi connectivity index (χ2n) is 3.42. The molecule has 20 heavy (non-hydrogen) atoms. The molecule has 10 heteroatoms. The number of aldehydes is 1. The molecule has 112 valence electrons. The predicted octanol–water partition coefficient (Wildman–Crippen LogP) is 2.10. The summed E-state index contributed by atoms with van der Waals surface area (Å²) in [5, 5.41) is 0. The molecule has 0 heterocycles. The van der Waals surface area contributed by atoms with E-state index in [1.54, 1.807) is 0 Å². The second-order valence-corrected chi connectivity index (χ2v) is 4.44. The Hall–Kier alpha value is -1.81. The van der Waals surface area contributed by atoms with Crippen molar-refractivity contribution in [3.63, 3.8) is 0 Å². The molecular weight excluding hydrogens is 305 g/mol. The number of hydrogen-bond donors (Lipinski definition) is 1. The normalized spacial score (nSPS) is 12.1. The monoisotopic (exact) mass is 314 g/mol. The summed E-state index contributed by atoms with van der Waals surface area (Å²) in [5.74, 6) is -2.00. The molecule has 0 aliphatic heterocycles. The molecule has 0 fully saturated rings.